The average Bonchev–Trinajstić information content (AvgIpc) is 2.86. The van der Waals surface area contributed by atoms with Crippen LogP contribution in [-0.2, 0) is 0 Å². The Hall–Kier alpha value is -1.96. The van der Waals surface area contributed by atoms with Crippen molar-refractivity contribution in [2.75, 3.05) is 6.61 Å². The first kappa shape index (κ1) is 15.4. The van der Waals surface area contributed by atoms with Crippen molar-refractivity contribution in [3.8, 4) is 5.75 Å². The van der Waals surface area contributed by atoms with Gasteiger partial charge in [0.15, 0.2) is 0 Å². The number of ether oxygens (including phenoxy) is 1. The summed E-state index contributed by atoms with van der Waals surface area (Å²) < 4.78 is 5.80. The lowest BCUT2D eigenvalue weighted by molar-refractivity contribution is 0.345. The third kappa shape index (κ3) is 3.57. The van der Waals surface area contributed by atoms with Gasteiger partial charge in [0, 0.05) is 5.57 Å². The van der Waals surface area contributed by atoms with Gasteiger partial charge in [0.05, 0.1) is 0 Å². The van der Waals surface area contributed by atoms with Gasteiger partial charge in [-0.3, -0.25) is 10.8 Å². The molecule has 0 saturated carbocycles. The molecule has 4 N–H and O–H groups in total. The highest BCUT2D eigenvalue weighted by atomic mass is 32.1. The molecular weight excluding hydrogens is 286 g/mol. The molecule has 2 rings (SSSR count). The summed E-state index contributed by atoms with van der Waals surface area (Å²) >= 11 is 4.36. The SMILES string of the molecule is C=C1NNNN1C(=N)/C(COc1ccccc1C)=C(/C)S. The lowest BCUT2D eigenvalue weighted by Crippen LogP contribution is -2.41. The molecule has 0 atom stereocenters. The molecule has 0 aromatic heterocycles. The molecule has 1 fully saturated rings. The Labute approximate surface area is 129 Å². The highest BCUT2D eigenvalue weighted by Gasteiger charge is 2.22. The van der Waals surface area contributed by atoms with Gasteiger partial charge in [0.1, 0.15) is 24.0 Å². The molecular formula is C14H19N5OS. The Morgan fingerprint density at radius 1 is 1.43 bits per heavy atom. The van der Waals surface area contributed by atoms with E-state index in [1.165, 1.54) is 5.01 Å². The first-order valence-corrected chi connectivity index (χ1v) is 6.87. The van der Waals surface area contributed by atoms with Crippen LogP contribution in [0.3, 0.4) is 0 Å². The Balaban J connectivity index is 2.11. The molecule has 0 aliphatic carbocycles. The lowest BCUT2D eigenvalue weighted by Gasteiger charge is -2.21. The zero-order chi connectivity index (χ0) is 15.4. The number of nitrogens with one attached hydrogen (secondary N) is 4. The number of hydrazine groups is 3. The molecule has 0 bridgehead atoms. The number of thiol groups is 1. The Morgan fingerprint density at radius 3 is 2.71 bits per heavy atom. The van der Waals surface area contributed by atoms with E-state index >= 15 is 0 Å². The molecule has 1 saturated heterocycles. The maximum atomic E-state index is 8.26. The zero-order valence-corrected chi connectivity index (χ0v) is 12.9. The highest BCUT2D eigenvalue weighted by molar-refractivity contribution is 7.84. The van der Waals surface area contributed by atoms with Gasteiger partial charge in [-0.1, -0.05) is 24.8 Å². The maximum Gasteiger partial charge on any atom is 0.150 e. The molecule has 1 aromatic rings. The highest BCUT2D eigenvalue weighted by Crippen LogP contribution is 2.20. The van der Waals surface area contributed by atoms with Gasteiger partial charge in [0.2, 0.25) is 0 Å². The number of hydrogen-bond acceptors (Lipinski definition) is 6. The molecule has 0 unspecified atom stereocenters. The van der Waals surface area contributed by atoms with Crippen molar-refractivity contribution in [1.29, 1.82) is 5.41 Å². The molecule has 0 spiro atoms. The van der Waals surface area contributed by atoms with Gasteiger partial charge < -0.3 is 4.74 Å². The molecule has 0 amide bonds. The first-order valence-electron chi connectivity index (χ1n) is 6.42. The van der Waals surface area contributed by atoms with Gasteiger partial charge in [-0.2, -0.15) is 5.53 Å². The standard InChI is InChI=1S/C14H19N5OS/c1-9-6-4-5-7-13(9)20-8-12(10(2)21)14(15)19-11(3)16-17-18-19/h4-7,15-18,21H,3,8H2,1-2H3/b12-10-,15-14?. The second kappa shape index (κ2) is 6.66. The van der Waals surface area contributed by atoms with Crippen molar-refractivity contribution in [3.05, 3.63) is 52.7 Å². The van der Waals surface area contributed by atoms with E-state index in [9.17, 15) is 0 Å². The minimum Gasteiger partial charge on any atom is -0.488 e. The van der Waals surface area contributed by atoms with E-state index in [-0.39, 0.29) is 12.4 Å². The summed E-state index contributed by atoms with van der Waals surface area (Å²) in [4.78, 5) is 0.718. The maximum absolute atomic E-state index is 8.26. The van der Waals surface area contributed by atoms with E-state index < -0.39 is 0 Å². The van der Waals surface area contributed by atoms with Crippen molar-refractivity contribution in [2.24, 2.45) is 0 Å². The van der Waals surface area contributed by atoms with Crippen LogP contribution >= 0.6 is 12.6 Å². The van der Waals surface area contributed by atoms with Gasteiger partial charge in [-0.15, -0.1) is 18.2 Å². The summed E-state index contributed by atoms with van der Waals surface area (Å²) in [6.07, 6.45) is 0. The van der Waals surface area contributed by atoms with Crippen molar-refractivity contribution in [1.82, 2.24) is 21.5 Å². The van der Waals surface area contributed by atoms with E-state index in [1.54, 1.807) is 0 Å². The molecule has 6 nitrogen and oxygen atoms in total. The summed E-state index contributed by atoms with van der Waals surface area (Å²) in [6, 6.07) is 7.76. The summed E-state index contributed by atoms with van der Waals surface area (Å²) in [7, 11) is 0. The average molecular weight is 305 g/mol. The van der Waals surface area contributed by atoms with E-state index in [1.807, 2.05) is 38.1 Å². The molecule has 21 heavy (non-hydrogen) atoms. The predicted molar refractivity (Wildman–Crippen MR) is 86.5 cm³/mol. The third-order valence-electron chi connectivity index (χ3n) is 3.06. The minimum absolute atomic E-state index is 0.221. The van der Waals surface area contributed by atoms with Gasteiger partial charge >= 0.3 is 0 Å². The Bertz CT molecular complexity index is 595. The fourth-order valence-corrected chi connectivity index (χ4v) is 1.99. The molecule has 1 aromatic carbocycles. The molecule has 1 aliphatic rings. The smallest absolute Gasteiger partial charge is 0.150 e. The van der Waals surface area contributed by atoms with Crippen LogP contribution in [0.4, 0.5) is 0 Å². The monoisotopic (exact) mass is 305 g/mol. The Morgan fingerprint density at radius 2 is 2.14 bits per heavy atom. The topological polar surface area (TPSA) is 72.4 Å². The predicted octanol–water partition coefficient (Wildman–Crippen LogP) is 1.86. The number of para-hydroxylation sites is 1. The van der Waals surface area contributed by atoms with Crippen LogP contribution in [0.2, 0.25) is 0 Å². The molecule has 1 heterocycles. The summed E-state index contributed by atoms with van der Waals surface area (Å²) in [5.41, 5.74) is 9.94. The quantitative estimate of drug-likeness (QED) is 0.334. The normalized spacial score (nSPS) is 15.6. The fraction of sp³-hybridized carbons (Fsp3) is 0.214. The lowest BCUT2D eigenvalue weighted by atomic mass is 10.2. The second-order valence-corrected chi connectivity index (χ2v) is 5.28. The minimum atomic E-state index is 0.221. The van der Waals surface area contributed by atoms with Gasteiger partial charge in [-0.25, -0.2) is 5.01 Å². The van der Waals surface area contributed by atoms with E-state index in [0.717, 1.165) is 16.2 Å². The number of amidine groups is 1. The molecule has 1 aliphatic heterocycles. The van der Waals surface area contributed by atoms with Crippen molar-refractivity contribution >= 4 is 18.5 Å². The largest absolute Gasteiger partial charge is 0.488 e. The van der Waals surface area contributed by atoms with Crippen LogP contribution in [0.1, 0.15) is 12.5 Å². The number of rotatable bonds is 4. The van der Waals surface area contributed by atoms with Crippen molar-refractivity contribution < 1.29 is 4.74 Å². The number of benzene rings is 1. The molecule has 7 heteroatoms. The summed E-state index contributed by atoms with van der Waals surface area (Å²) in [5, 5.41) is 9.74. The van der Waals surface area contributed by atoms with Crippen LogP contribution < -0.4 is 21.2 Å². The number of aryl methyl sites for hydroxylation is 1. The van der Waals surface area contributed by atoms with E-state index in [4.69, 9.17) is 10.1 Å². The summed E-state index contributed by atoms with van der Waals surface area (Å²) in [5.74, 6) is 1.54. The number of hydrogen-bond donors (Lipinski definition) is 5. The van der Waals surface area contributed by atoms with Gasteiger partial charge in [0.25, 0.3) is 0 Å². The van der Waals surface area contributed by atoms with E-state index in [0.29, 0.717) is 11.4 Å². The van der Waals surface area contributed by atoms with E-state index in [2.05, 4.69) is 35.7 Å². The molecule has 0 radical (unpaired) electrons. The van der Waals surface area contributed by atoms with Gasteiger partial charge in [-0.05, 0) is 30.4 Å². The Kier molecular flexibility index (Phi) is 4.89. The van der Waals surface area contributed by atoms with Crippen LogP contribution in [0, 0.1) is 12.3 Å². The molecule has 112 valence electrons. The first-order chi connectivity index (χ1) is 10.0. The fourth-order valence-electron chi connectivity index (χ4n) is 1.82. The second-order valence-electron chi connectivity index (χ2n) is 4.61. The van der Waals surface area contributed by atoms with Crippen LogP contribution in [-0.4, -0.2) is 17.5 Å². The van der Waals surface area contributed by atoms with Crippen molar-refractivity contribution in [3.63, 3.8) is 0 Å². The van der Waals surface area contributed by atoms with Crippen LogP contribution in [0.15, 0.2) is 47.1 Å². The third-order valence-corrected chi connectivity index (χ3v) is 3.33. The zero-order valence-electron chi connectivity index (χ0n) is 12.0. The number of allylic oxidation sites excluding steroid dienone is 1. The number of nitrogens with zero attached hydrogens (tertiary/aromatic N) is 1. The summed E-state index contributed by atoms with van der Waals surface area (Å²) in [6.45, 7) is 7.85. The van der Waals surface area contributed by atoms with Crippen molar-refractivity contribution in [2.45, 2.75) is 13.8 Å². The van der Waals surface area contributed by atoms with Crippen LogP contribution in [0.5, 0.6) is 5.75 Å². The van der Waals surface area contributed by atoms with Crippen LogP contribution in [0.25, 0.3) is 0 Å².